The topological polar surface area (TPSA) is 40.5 Å². The average molecular weight is 204 g/mol. The van der Waals surface area contributed by atoms with Gasteiger partial charge in [0.1, 0.15) is 0 Å². The van der Waals surface area contributed by atoms with Crippen molar-refractivity contribution in [1.82, 2.24) is 0 Å². The maximum atomic E-state index is 9.99. The molecule has 0 aliphatic heterocycles. The molecular formula is C10H20O2S. The third-order valence-corrected chi connectivity index (χ3v) is 4.17. The minimum Gasteiger partial charge on any atom is -0.396 e. The summed E-state index contributed by atoms with van der Waals surface area (Å²) in [7, 11) is 0. The molecule has 1 aliphatic rings. The first-order valence-corrected chi connectivity index (χ1v) is 6.23. The van der Waals surface area contributed by atoms with Crippen LogP contribution >= 0.6 is 11.8 Å². The van der Waals surface area contributed by atoms with Gasteiger partial charge in [-0.05, 0) is 24.5 Å². The van der Waals surface area contributed by atoms with Gasteiger partial charge in [-0.15, -0.1) is 0 Å². The maximum absolute atomic E-state index is 9.99. The molecule has 2 N–H and O–H groups in total. The van der Waals surface area contributed by atoms with Gasteiger partial charge >= 0.3 is 0 Å². The van der Waals surface area contributed by atoms with Crippen LogP contribution in [-0.4, -0.2) is 33.9 Å². The van der Waals surface area contributed by atoms with Crippen molar-refractivity contribution in [1.29, 1.82) is 0 Å². The van der Waals surface area contributed by atoms with Crippen molar-refractivity contribution in [2.45, 2.75) is 38.2 Å². The smallest absolute Gasteiger partial charge is 0.0737 e. The first-order chi connectivity index (χ1) is 6.16. The van der Waals surface area contributed by atoms with Crippen molar-refractivity contribution in [3.63, 3.8) is 0 Å². The van der Waals surface area contributed by atoms with E-state index in [2.05, 4.69) is 0 Å². The van der Waals surface area contributed by atoms with Gasteiger partial charge in [0.2, 0.25) is 0 Å². The van der Waals surface area contributed by atoms with Crippen molar-refractivity contribution in [3.8, 4) is 0 Å². The lowest BCUT2D eigenvalue weighted by molar-refractivity contribution is 0.0732. The van der Waals surface area contributed by atoms with E-state index >= 15 is 0 Å². The second-order valence-corrected chi connectivity index (χ2v) is 5.26. The van der Waals surface area contributed by atoms with Crippen LogP contribution in [0, 0.1) is 5.92 Å². The van der Waals surface area contributed by atoms with Crippen LogP contribution in [0.2, 0.25) is 0 Å². The fourth-order valence-corrected chi connectivity index (χ4v) is 2.97. The van der Waals surface area contributed by atoms with E-state index < -0.39 is 0 Å². The molecule has 0 bridgehead atoms. The van der Waals surface area contributed by atoms with E-state index in [1.807, 2.05) is 6.92 Å². The monoisotopic (exact) mass is 204 g/mol. The molecule has 0 radical (unpaired) electrons. The molecule has 0 spiro atoms. The molecule has 1 saturated carbocycles. The summed E-state index contributed by atoms with van der Waals surface area (Å²) in [6, 6.07) is 0. The van der Waals surface area contributed by atoms with E-state index in [1.165, 1.54) is 12.8 Å². The lowest BCUT2D eigenvalue weighted by Gasteiger charge is -2.21. The molecule has 1 fully saturated rings. The summed E-state index contributed by atoms with van der Waals surface area (Å²) in [5.41, 5.74) is -0.389. The van der Waals surface area contributed by atoms with Crippen LogP contribution in [0.25, 0.3) is 0 Å². The fraction of sp³-hybridized carbons (Fsp3) is 1.00. The fourth-order valence-electron chi connectivity index (χ4n) is 1.68. The van der Waals surface area contributed by atoms with Gasteiger partial charge in [0.05, 0.1) is 5.60 Å². The Kier molecular flexibility index (Phi) is 4.56. The van der Waals surface area contributed by atoms with Crippen LogP contribution in [0.5, 0.6) is 0 Å². The molecule has 3 heteroatoms. The molecule has 0 aromatic heterocycles. The number of thioether (sulfide) groups is 1. The molecular weight excluding hydrogens is 184 g/mol. The van der Waals surface area contributed by atoms with Gasteiger partial charge in [0.25, 0.3) is 0 Å². The zero-order chi connectivity index (χ0) is 9.73. The molecule has 1 aliphatic carbocycles. The van der Waals surface area contributed by atoms with Gasteiger partial charge in [0, 0.05) is 12.4 Å². The molecule has 1 unspecified atom stereocenters. The number of rotatable bonds is 5. The molecule has 13 heavy (non-hydrogen) atoms. The third-order valence-electron chi connectivity index (χ3n) is 2.62. The van der Waals surface area contributed by atoms with Crippen LogP contribution in [0.1, 0.15) is 32.6 Å². The standard InChI is InChI=1S/C10H20O2S/c1-9(6-11)7-13-8-10(12)4-2-3-5-10/h9,11-12H,2-8H2,1H3. The average Bonchev–Trinajstić information content (AvgIpc) is 2.52. The highest BCUT2D eigenvalue weighted by Crippen LogP contribution is 2.32. The Morgan fingerprint density at radius 1 is 1.38 bits per heavy atom. The molecule has 0 saturated heterocycles. The van der Waals surface area contributed by atoms with Crippen molar-refractivity contribution in [3.05, 3.63) is 0 Å². The SMILES string of the molecule is CC(CO)CSCC1(O)CCCC1. The highest BCUT2D eigenvalue weighted by atomic mass is 32.2. The Labute approximate surface area is 84.7 Å². The van der Waals surface area contributed by atoms with Gasteiger partial charge in [-0.1, -0.05) is 19.8 Å². The summed E-state index contributed by atoms with van der Waals surface area (Å²) in [5.74, 6) is 2.16. The van der Waals surface area contributed by atoms with Gasteiger partial charge in [0.15, 0.2) is 0 Å². The first-order valence-electron chi connectivity index (χ1n) is 5.07. The van der Waals surface area contributed by atoms with Crippen LogP contribution in [0.15, 0.2) is 0 Å². The molecule has 2 nitrogen and oxygen atoms in total. The van der Waals surface area contributed by atoms with E-state index in [1.54, 1.807) is 11.8 Å². The Morgan fingerprint density at radius 2 is 2.00 bits per heavy atom. The van der Waals surface area contributed by atoms with E-state index in [0.717, 1.165) is 24.3 Å². The predicted octanol–water partition coefficient (Wildman–Crippen LogP) is 1.65. The van der Waals surface area contributed by atoms with E-state index in [9.17, 15) is 5.11 Å². The lowest BCUT2D eigenvalue weighted by Crippen LogP contribution is -2.27. The second kappa shape index (κ2) is 5.23. The van der Waals surface area contributed by atoms with Crippen molar-refractivity contribution in [2.75, 3.05) is 18.1 Å². The summed E-state index contributed by atoms with van der Waals surface area (Å²) in [5, 5.41) is 18.8. The van der Waals surface area contributed by atoms with Gasteiger partial charge in [-0.2, -0.15) is 11.8 Å². The zero-order valence-electron chi connectivity index (χ0n) is 8.33. The van der Waals surface area contributed by atoms with Crippen molar-refractivity contribution in [2.24, 2.45) is 5.92 Å². The largest absolute Gasteiger partial charge is 0.396 e. The van der Waals surface area contributed by atoms with E-state index in [0.29, 0.717) is 5.92 Å². The normalized spacial score (nSPS) is 23.3. The number of hydrogen-bond acceptors (Lipinski definition) is 3. The van der Waals surface area contributed by atoms with Gasteiger partial charge in [-0.3, -0.25) is 0 Å². The molecule has 1 atom stereocenters. The van der Waals surface area contributed by atoms with Crippen molar-refractivity contribution >= 4 is 11.8 Å². The summed E-state index contributed by atoms with van der Waals surface area (Å²) in [6.07, 6.45) is 4.28. The number of aliphatic hydroxyl groups is 2. The zero-order valence-corrected chi connectivity index (χ0v) is 9.15. The Bertz CT molecular complexity index is 144. The Balaban J connectivity index is 2.11. The number of hydrogen-bond donors (Lipinski definition) is 2. The van der Waals surface area contributed by atoms with E-state index in [-0.39, 0.29) is 12.2 Å². The van der Waals surface area contributed by atoms with E-state index in [4.69, 9.17) is 5.11 Å². The van der Waals surface area contributed by atoms with Gasteiger partial charge in [-0.25, -0.2) is 0 Å². The quantitative estimate of drug-likeness (QED) is 0.715. The summed E-state index contributed by atoms with van der Waals surface area (Å²) in [6.45, 7) is 2.29. The molecule has 78 valence electrons. The summed E-state index contributed by atoms with van der Waals surface area (Å²) < 4.78 is 0. The minimum atomic E-state index is -0.389. The number of aliphatic hydroxyl groups excluding tert-OH is 1. The second-order valence-electron chi connectivity index (χ2n) is 4.23. The van der Waals surface area contributed by atoms with Crippen molar-refractivity contribution < 1.29 is 10.2 Å². The third kappa shape index (κ3) is 3.88. The summed E-state index contributed by atoms with van der Waals surface area (Å²) >= 11 is 1.77. The Morgan fingerprint density at radius 3 is 2.54 bits per heavy atom. The highest BCUT2D eigenvalue weighted by molar-refractivity contribution is 7.99. The highest BCUT2D eigenvalue weighted by Gasteiger charge is 2.30. The Hall–Kier alpha value is 0.270. The minimum absolute atomic E-state index is 0.255. The molecule has 0 heterocycles. The molecule has 0 aromatic rings. The van der Waals surface area contributed by atoms with Crippen LogP contribution in [0.3, 0.4) is 0 Å². The maximum Gasteiger partial charge on any atom is 0.0737 e. The molecule has 0 aromatic carbocycles. The first kappa shape index (κ1) is 11.3. The predicted molar refractivity (Wildman–Crippen MR) is 57.0 cm³/mol. The van der Waals surface area contributed by atoms with Crippen LogP contribution in [-0.2, 0) is 0 Å². The van der Waals surface area contributed by atoms with Gasteiger partial charge < -0.3 is 10.2 Å². The van der Waals surface area contributed by atoms with Crippen LogP contribution < -0.4 is 0 Å². The van der Waals surface area contributed by atoms with Crippen LogP contribution in [0.4, 0.5) is 0 Å². The lowest BCUT2D eigenvalue weighted by atomic mass is 10.1. The molecule has 0 amide bonds. The summed E-state index contributed by atoms with van der Waals surface area (Å²) in [4.78, 5) is 0. The molecule has 1 rings (SSSR count).